The van der Waals surface area contributed by atoms with Crippen molar-refractivity contribution in [3.8, 4) is 0 Å². The number of thioether (sulfide) groups is 1. The number of benzene rings is 1. The Balaban J connectivity index is 2.30. The van der Waals surface area contributed by atoms with Crippen LogP contribution in [0, 0.1) is 0 Å². The van der Waals surface area contributed by atoms with Crippen molar-refractivity contribution in [3.63, 3.8) is 0 Å². The molecule has 1 aromatic rings. The molecule has 1 aromatic carbocycles. The summed E-state index contributed by atoms with van der Waals surface area (Å²) in [5.41, 5.74) is 1.39. The van der Waals surface area contributed by atoms with Gasteiger partial charge >= 0.3 is 0 Å². The zero-order valence-corrected chi connectivity index (χ0v) is 10.5. The second-order valence-electron chi connectivity index (χ2n) is 3.63. The van der Waals surface area contributed by atoms with Gasteiger partial charge in [0.25, 0.3) is 5.91 Å². The van der Waals surface area contributed by atoms with Gasteiger partial charge in [-0.15, -0.1) is 11.8 Å². The molecule has 1 saturated heterocycles. The summed E-state index contributed by atoms with van der Waals surface area (Å²) in [6.07, 6.45) is 0. The number of hydrogen-bond acceptors (Lipinski definition) is 3. The standard InChI is InChI=1S/C10H8ClNO2S2/c11-6-2-1-3-7-8(6)10(9(13)12-7)15-4-5-16(10)14/h1-3H,4-5H2,(H,12,13)/t10-,16?/m1/s1. The van der Waals surface area contributed by atoms with Gasteiger partial charge in [-0.1, -0.05) is 17.7 Å². The van der Waals surface area contributed by atoms with Crippen molar-refractivity contribution >= 4 is 45.8 Å². The fourth-order valence-corrected chi connectivity index (χ4v) is 6.33. The molecule has 0 bridgehead atoms. The molecule has 0 aromatic heterocycles. The SMILES string of the molecule is O=C1Nc2cccc(Cl)c2[C@]12SCCS2=O. The third-order valence-corrected chi connectivity index (χ3v) is 7.08. The van der Waals surface area contributed by atoms with E-state index in [1.165, 1.54) is 11.8 Å². The molecule has 3 rings (SSSR count). The first kappa shape index (κ1) is 10.6. The maximum absolute atomic E-state index is 12.1. The van der Waals surface area contributed by atoms with E-state index < -0.39 is 14.9 Å². The van der Waals surface area contributed by atoms with Crippen LogP contribution in [-0.4, -0.2) is 21.6 Å². The molecule has 0 radical (unpaired) electrons. The number of carbonyl (C=O) groups excluding carboxylic acids is 1. The molecule has 1 amide bonds. The van der Waals surface area contributed by atoms with E-state index in [1.54, 1.807) is 18.2 Å². The summed E-state index contributed by atoms with van der Waals surface area (Å²) in [7, 11) is -1.19. The summed E-state index contributed by atoms with van der Waals surface area (Å²) in [6, 6.07) is 5.31. The third kappa shape index (κ3) is 1.16. The average Bonchev–Trinajstić information content (AvgIpc) is 2.74. The molecule has 2 aliphatic heterocycles. The lowest BCUT2D eigenvalue weighted by Crippen LogP contribution is -2.32. The number of amides is 1. The van der Waals surface area contributed by atoms with Crippen LogP contribution in [0.25, 0.3) is 0 Å². The van der Waals surface area contributed by atoms with E-state index in [2.05, 4.69) is 5.32 Å². The highest BCUT2D eigenvalue weighted by atomic mass is 35.5. The number of rotatable bonds is 0. The van der Waals surface area contributed by atoms with Crippen LogP contribution in [0.5, 0.6) is 0 Å². The highest BCUT2D eigenvalue weighted by Gasteiger charge is 2.56. The lowest BCUT2D eigenvalue weighted by atomic mass is 10.1. The van der Waals surface area contributed by atoms with Gasteiger partial charge in [0.2, 0.25) is 0 Å². The Morgan fingerprint density at radius 2 is 2.31 bits per heavy atom. The van der Waals surface area contributed by atoms with Crippen LogP contribution in [0.15, 0.2) is 18.2 Å². The summed E-state index contributed by atoms with van der Waals surface area (Å²) in [5, 5.41) is 3.28. The molecule has 2 heterocycles. The van der Waals surface area contributed by atoms with Crippen LogP contribution < -0.4 is 5.32 Å². The number of carbonyl (C=O) groups is 1. The molecule has 1 unspecified atom stereocenters. The molecule has 1 fully saturated rings. The van der Waals surface area contributed by atoms with Crippen molar-refractivity contribution in [2.24, 2.45) is 0 Å². The van der Waals surface area contributed by atoms with Crippen LogP contribution >= 0.6 is 23.4 Å². The maximum Gasteiger partial charge on any atom is 0.258 e. The quantitative estimate of drug-likeness (QED) is 0.786. The first-order valence-corrected chi connectivity index (χ1v) is 7.47. The Hall–Kier alpha value is -0.520. The van der Waals surface area contributed by atoms with E-state index >= 15 is 0 Å². The van der Waals surface area contributed by atoms with Crippen molar-refractivity contribution in [2.45, 2.75) is 4.08 Å². The molecule has 1 spiro atoms. The lowest BCUT2D eigenvalue weighted by molar-refractivity contribution is -0.116. The van der Waals surface area contributed by atoms with Crippen LogP contribution in [-0.2, 0) is 19.7 Å². The molecule has 0 aliphatic carbocycles. The predicted molar refractivity (Wildman–Crippen MR) is 67.2 cm³/mol. The minimum Gasteiger partial charge on any atom is -0.323 e. The van der Waals surface area contributed by atoms with Crippen molar-refractivity contribution < 1.29 is 9.00 Å². The molecule has 16 heavy (non-hydrogen) atoms. The van der Waals surface area contributed by atoms with Gasteiger partial charge in [-0.2, -0.15) is 0 Å². The normalized spacial score (nSPS) is 31.8. The van der Waals surface area contributed by atoms with Crippen LogP contribution in [0.1, 0.15) is 5.56 Å². The number of nitrogens with one attached hydrogen (secondary N) is 1. The molecule has 6 heteroatoms. The van der Waals surface area contributed by atoms with Gasteiger partial charge in [-0.25, -0.2) is 0 Å². The smallest absolute Gasteiger partial charge is 0.258 e. The maximum atomic E-state index is 12.1. The Kier molecular flexibility index (Phi) is 2.31. The summed E-state index contributed by atoms with van der Waals surface area (Å²) >= 11 is 7.56. The summed E-state index contributed by atoms with van der Waals surface area (Å²) < 4.78 is 11.1. The minimum atomic E-state index is -1.19. The lowest BCUT2D eigenvalue weighted by Gasteiger charge is -2.19. The van der Waals surface area contributed by atoms with Crippen molar-refractivity contribution in [3.05, 3.63) is 28.8 Å². The van der Waals surface area contributed by atoms with Gasteiger partial charge in [0.05, 0.1) is 10.8 Å². The number of fused-ring (bicyclic) bond motifs is 2. The fraction of sp³-hybridized carbons (Fsp3) is 0.300. The summed E-state index contributed by atoms with van der Waals surface area (Å²) in [5.74, 6) is 1.07. The summed E-state index contributed by atoms with van der Waals surface area (Å²) in [4.78, 5) is 12.0. The number of hydrogen-bond donors (Lipinski definition) is 1. The van der Waals surface area contributed by atoms with E-state index in [9.17, 15) is 9.00 Å². The van der Waals surface area contributed by atoms with Gasteiger partial charge in [0, 0.05) is 27.8 Å². The average molecular weight is 274 g/mol. The predicted octanol–water partition coefficient (Wildman–Crippen LogP) is 1.94. The zero-order chi connectivity index (χ0) is 11.3. The third-order valence-electron chi connectivity index (χ3n) is 2.78. The molecule has 3 nitrogen and oxygen atoms in total. The van der Waals surface area contributed by atoms with Gasteiger partial charge in [-0.05, 0) is 12.1 Å². The van der Waals surface area contributed by atoms with Gasteiger partial charge in [0.1, 0.15) is 0 Å². The molecule has 0 saturated carbocycles. The van der Waals surface area contributed by atoms with Gasteiger partial charge in [0.15, 0.2) is 4.08 Å². The Morgan fingerprint density at radius 1 is 1.50 bits per heavy atom. The van der Waals surface area contributed by atoms with E-state index in [0.717, 1.165) is 5.75 Å². The van der Waals surface area contributed by atoms with Crippen LogP contribution in [0.4, 0.5) is 5.69 Å². The summed E-state index contributed by atoms with van der Waals surface area (Å²) in [6.45, 7) is 0. The highest BCUT2D eigenvalue weighted by molar-refractivity contribution is 8.16. The topological polar surface area (TPSA) is 46.2 Å². The van der Waals surface area contributed by atoms with Crippen molar-refractivity contribution in [2.75, 3.05) is 16.8 Å². The largest absolute Gasteiger partial charge is 0.323 e. The van der Waals surface area contributed by atoms with E-state index in [-0.39, 0.29) is 5.91 Å². The molecule has 1 N–H and O–H groups in total. The first-order chi connectivity index (χ1) is 7.66. The fourth-order valence-electron chi connectivity index (χ4n) is 2.11. The molecule has 2 aliphatic rings. The van der Waals surface area contributed by atoms with Gasteiger partial charge in [-0.3, -0.25) is 9.00 Å². The minimum absolute atomic E-state index is 0.198. The monoisotopic (exact) mass is 273 g/mol. The van der Waals surface area contributed by atoms with Crippen molar-refractivity contribution in [1.82, 2.24) is 0 Å². The van der Waals surface area contributed by atoms with E-state index in [0.29, 0.717) is 22.0 Å². The van der Waals surface area contributed by atoms with Crippen LogP contribution in [0.2, 0.25) is 5.02 Å². The van der Waals surface area contributed by atoms with Crippen molar-refractivity contribution in [1.29, 1.82) is 0 Å². The Labute approximate surface area is 104 Å². The van der Waals surface area contributed by atoms with Crippen LogP contribution in [0.3, 0.4) is 0 Å². The molecular formula is C10H8ClNO2S2. The number of halogens is 1. The second-order valence-corrected chi connectivity index (χ2v) is 7.32. The molecular weight excluding hydrogens is 266 g/mol. The highest BCUT2D eigenvalue weighted by Crippen LogP contribution is 2.54. The molecule has 84 valence electrons. The zero-order valence-electron chi connectivity index (χ0n) is 8.16. The Morgan fingerprint density at radius 3 is 3.00 bits per heavy atom. The Bertz CT molecular complexity index is 520. The first-order valence-electron chi connectivity index (χ1n) is 4.79. The number of anilines is 1. The van der Waals surface area contributed by atoms with E-state index in [4.69, 9.17) is 11.6 Å². The van der Waals surface area contributed by atoms with E-state index in [1.807, 2.05) is 0 Å². The van der Waals surface area contributed by atoms with Gasteiger partial charge < -0.3 is 5.32 Å². The second kappa shape index (κ2) is 3.48. The molecule has 2 atom stereocenters.